The van der Waals surface area contributed by atoms with E-state index in [4.69, 9.17) is 4.42 Å². The SMILES string of the molecule is Cl.O=C1N=C(NC(=O)C2CCNCC2)SC1=Cc1ccc(-c2ccccc2[N+](=O)[O-])o1. The summed E-state index contributed by atoms with van der Waals surface area (Å²) in [4.78, 5) is 39.5. The van der Waals surface area contributed by atoms with Gasteiger partial charge < -0.3 is 15.1 Å². The molecule has 9 nitrogen and oxygen atoms in total. The molecule has 0 atom stereocenters. The minimum absolute atomic E-state index is 0. The third-order valence-electron chi connectivity index (χ3n) is 4.83. The number of carbonyl (C=O) groups is 2. The number of hydrogen-bond donors (Lipinski definition) is 2. The maximum Gasteiger partial charge on any atom is 0.286 e. The lowest BCUT2D eigenvalue weighted by Crippen LogP contribution is -2.39. The zero-order valence-corrected chi connectivity index (χ0v) is 17.8. The second-order valence-electron chi connectivity index (χ2n) is 6.82. The van der Waals surface area contributed by atoms with E-state index in [0.717, 1.165) is 37.7 Å². The van der Waals surface area contributed by atoms with Gasteiger partial charge in [0.2, 0.25) is 5.91 Å². The minimum Gasteiger partial charge on any atom is -0.456 e. The number of para-hydroxylation sites is 1. The second-order valence-corrected chi connectivity index (χ2v) is 7.85. The van der Waals surface area contributed by atoms with Gasteiger partial charge in [-0.1, -0.05) is 12.1 Å². The Bertz CT molecular complexity index is 1080. The molecule has 0 saturated carbocycles. The Kier molecular flexibility index (Phi) is 7.26. The third-order valence-corrected chi connectivity index (χ3v) is 5.73. The van der Waals surface area contributed by atoms with Crippen molar-refractivity contribution >= 4 is 52.9 Å². The Labute approximate surface area is 187 Å². The van der Waals surface area contributed by atoms with Crippen molar-refractivity contribution in [3.05, 3.63) is 57.2 Å². The van der Waals surface area contributed by atoms with E-state index in [1.165, 1.54) is 12.1 Å². The fourth-order valence-electron chi connectivity index (χ4n) is 3.30. The number of hydrogen-bond acceptors (Lipinski definition) is 7. The smallest absolute Gasteiger partial charge is 0.286 e. The molecule has 1 aromatic heterocycles. The molecule has 0 unspecified atom stereocenters. The molecule has 1 saturated heterocycles. The van der Waals surface area contributed by atoms with Gasteiger partial charge in [0.05, 0.1) is 15.4 Å². The van der Waals surface area contributed by atoms with Crippen LogP contribution in [-0.2, 0) is 9.59 Å². The average Bonchev–Trinajstić information content (AvgIpc) is 3.35. The summed E-state index contributed by atoms with van der Waals surface area (Å²) in [5.74, 6) is -0.00483. The number of aliphatic imine (C=N–C) groups is 1. The lowest BCUT2D eigenvalue weighted by molar-refractivity contribution is -0.384. The predicted molar refractivity (Wildman–Crippen MR) is 120 cm³/mol. The van der Waals surface area contributed by atoms with Gasteiger partial charge in [-0.05, 0) is 55.9 Å². The van der Waals surface area contributed by atoms with Gasteiger partial charge in [-0.2, -0.15) is 4.99 Å². The summed E-state index contributed by atoms with van der Waals surface area (Å²) in [7, 11) is 0. The van der Waals surface area contributed by atoms with E-state index in [0.29, 0.717) is 22.0 Å². The molecule has 2 aliphatic rings. The van der Waals surface area contributed by atoms with Gasteiger partial charge in [0.15, 0.2) is 5.17 Å². The standard InChI is InChI=1S/C20H18N4O5S.ClH/c25-18(12-7-9-21-10-8-12)22-20-23-19(26)17(30-20)11-13-5-6-16(29-13)14-3-1-2-4-15(14)24(27)28;/h1-6,11-12,21H,7-10H2,(H,22,23,25,26);1H. The van der Waals surface area contributed by atoms with Gasteiger partial charge in [0, 0.05) is 18.1 Å². The molecule has 31 heavy (non-hydrogen) atoms. The topological polar surface area (TPSA) is 127 Å². The number of halogens is 1. The van der Waals surface area contributed by atoms with Crippen LogP contribution >= 0.6 is 24.2 Å². The normalized spacial score (nSPS) is 17.9. The molecule has 0 aliphatic carbocycles. The molecular formula is C20H19ClN4O5S. The number of furan rings is 1. The first-order valence-corrected chi connectivity index (χ1v) is 10.2. The lowest BCUT2D eigenvalue weighted by atomic mass is 9.97. The van der Waals surface area contributed by atoms with Crippen LogP contribution in [0.3, 0.4) is 0 Å². The molecule has 1 aromatic carbocycles. The highest BCUT2D eigenvalue weighted by atomic mass is 35.5. The largest absolute Gasteiger partial charge is 0.456 e. The van der Waals surface area contributed by atoms with E-state index < -0.39 is 10.8 Å². The zero-order chi connectivity index (χ0) is 21.1. The summed E-state index contributed by atoms with van der Waals surface area (Å²) in [5.41, 5.74) is 0.285. The number of nitro groups is 1. The van der Waals surface area contributed by atoms with E-state index in [-0.39, 0.29) is 35.1 Å². The highest BCUT2D eigenvalue weighted by molar-refractivity contribution is 8.18. The Morgan fingerprint density at radius 2 is 2.00 bits per heavy atom. The van der Waals surface area contributed by atoms with Crippen LogP contribution in [0.4, 0.5) is 5.69 Å². The van der Waals surface area contributed by atoms with Crippen LogP contribution in [-0.4, -0.2) is 35.0 Å². The summed E-state index contributed by atoms with van der Waals surface area (Å²) >= 11 is 1.06. The van der Waals surface area contributed by atoms with E-state index >= 15 is 0 Å². The van der Waals surface area contributed by atoms with Gasteiger partial charge in [-0.15, -0.1) is 12.4 Å². The molecule has 2 N–H and O–H groups in total. The summed E-state index contributed by atoms with van der Waals surface area (Å²) in [6.45, 7) is 1.59. The van der Waals surface area contributed by atoms with E-state index in [1.54, 1.807) is 30.3 Å². The van der Waals surface area contributed by atoms with Crippen LogP contribution in [0.2, 0.25) is 0 Å². The first-order valence-electron chi connectivity index (χ1n) is 9.39. The fourth-order valence-corrected chi connectivity index (χ4v) is 4.10. The van der Waals surface area contributed by atoms with Crippen molar-refractivity contribution in [2.24, 2.45) is 10.9 Å². The molecular weight excluding hydrogens is 444 g/mol. The number of amidine groups is 1. The zero-order valence-electron chi connectivity index (χ0n) is 16.2. The molecule has 0 bridgehead atoms. The molecule has 3 heterocycles. The summed E-state index contributed by atoms with van der Waals surface area (Å²) < 4.78 is 5.69. The Morgan fingerprint density at radius 3 is 2.74 bits per heavy atom. The van der Waals surface area contributed by atoms with Crippen LogP contribution in [0, 0.1) is 16.0 Å². The number of carbonyl (C=O) groups excluding carboxylic acids is 2. The van der Waals surface area contributed by atoms with Gasteiger partial charge in [0.1, 0.15) is 11.5 Å². The number of nitrogens with zero attached hydrogens (tertiary/aromatic N) is 2. The highest BCUT2D eigenvalue weighted by Gasteiger charge is 2.27. The van der Waals surface area contributed by atoms with Crippen LogP contribution in [0.5, 0.6) is 0 Å². The second kappa shape index (κ2) is 9.90. The maximum atomic E-state index is 12.3. The highest BCUT2D eigenvalue weighted by Crippen LogP contribution is 2.33. The number of nitro benzene ring substituents is 1. The van der Waals surface area contributed by atoms with Crippen molar-refractivity contribution in [1.82, 2.24) is 10.6 Å². The number of piperidine rings is 1. The van der Waals surface area contributed by atoms with Crippen molar-refractivity contribution in [2.75, 3.05) is 13.1 Å². The van der Waals surface area contributed by atoms with Crippen LogP contribution in [0.15, 0.2) is 50.7 Å². The number of benzene rings is 1. The van der Waals surface area contributed by atoms with E-state index in [1.807, 2.05) is 0 Å². The van der Waals surface area contributed by atoms with E-state index in [9.17, 15) is 19.7 Å². The van der Waals surface area contributed by atoms with Gasteiger partial charge in [0.25, 0.3) is 11.6 Å². The third kappa shape index (κ3) is 5.22. The number of rotatable bonds is 4. The Morgan fingerprint density at radius 1 is 1.26 bits per heavy atom. The molecule has 162 valence electrons. The quantitative estimate of drug-likeness (QED) is 0.405. The minimum atomic E-state index is -0.475. The Balaban J connectivity index is 0.00000272. The average molecular weight is 463 g/mol. The van der Waals surface area contributed by atoms with Crippen molar-refractivity contribution in [3.8, 4) is 11.3 Å². The van der Waals surface area contributed by atoms with Gasteiger partial charge >= 0.3 is 0 Å². The van der Waals surface area contributed by atoms with Gasteiger partial charge in [-0.25, -0.2) is 0 Å². The molecule has 11 heteroatoms. The summed E-state index contributed by atoms with van der Waals surface area (Å²) in [6.07, 6.45) is 3.01. The monoisotopic (exact) mass is 462 g/mol. The van der Waals surface area contributed by atoms with Crippen molar-refractivity contribution < 1.29 is 18.9 Å². The molecule has 2 aromatic rings. The molecule has 0 spiro atoms. The molecule has 2 aliphatic heterocycles. The molecule has 2 amide bonds. The van der Waals surface area contributed by atoms with Crippen molar-refractivity contribution in [2.45, 2.75) is 12.8 Å². The molecule has 1 fully saturated rings. The van der Waals surface area contributed by atoms with Crippen molar-refractivity contribution in [1.29, 1.82) is 0 Å². The lowest BCUT2D eigenvalue weighted by Gasteiger charge is -2.21. The Hall–Kier alpha value is -2.95. The van der Waals surface area contributed by atoms with Crippen LogP contribution < -0.4 is 10.6 Å². The fraction of sp³-hybridized carbons (Fsp3) is 0.250. The van der Waals surface area contributed by atoms with Crippen molar-refractivity contribution in [3.63, 3.8) is 0 Å². The summed E-state index contributed by atoms with van der Waals surface area (Å²) in [6, 6.07) is 9.50. The first-order chi connectivity index (χ1) is 14.5. The van der Waals surface area contributed by atoms with Crippen LogP contribution in [0.25, 0.3) is 17.4 Å². The van der Waals surface area contributed by atoms with Gasteiger partial charge in [-0.3, -0.25) is 19.7 Å². The predicted octanol–water partition coefficient (Wildman–Crippen LogP) is 3.36. The molecule has 4 rings (SSSR count). The van der Waals surface area contributed by atoms with Crippen LogP contribution in [0.1, 0.15) is 18.6 Å². The summed E-state index contributed by atoms with van der Waals surface area (Å²) in [5, 5.41) is 17.4. The number of nitrogens with one attached hydrogen (secondary N) is 2. The van der Waals surface area contributed by atoms with E-state index in [2.05, 4.69) is 15.6 Å². The maximum absolute atomic E-state index is 12.3. The first kappa shape index (κ1) is 22.7. The molecule has 0 radical (unpaired) electrons. The number of thioether (sulfide) groups is 1. The number of amides is 2.